The highest BCUT2D eigenvalue weighted by Crippen LogP contribution is 2.17. The highest BCUT2D eigenvalue weighted by atomic mass is 79.9. The molecule has 8 heteroatoms. The first-order valence-corrected chi connectivity index (χ1v) is 6.08. The number of imide groups is 1. The van der Waals surface area contributed by atoms with Crippen LogP contribution in [-0.4, -0.2) is 22.7 Å². The van der Waals surface area contributed by atoms with Crippen molar-refractivity contribution in [3.05, 3.63) is 29.6 Å². The standard InChI is InChI=1S/C11H11BrFN3O3/c1-5(12)9(17)15-8-4-6(2-3-7(8)13)10(18)16-11(14)19/h2-5H,1H3,(H,15,17)(H3,14,16,18,19)/t5-/m0/s1. The largest absolute Gasteiger partial charge is 0.351 e. The molecule has 0 saturated heterocycles. The Bertz CT molecular complexity index is 534. The van der Waals surface area contributed by atoms with Gasteiger partial charge in [-0.05, 0) is 25.1 Å². The minimum absolute atomic E-state index is 0.00211. The molecule has 6 nitrogen and oxygen atoms in total. The molecule has 1 aromatic carbocycles. The summed E-state index contributed by atoms with van der Waals surface area (Å²) in [5.41, 5.74) is 4.64. The number of hydrogen-bond donors (Lipinski definition) is 3. The average molecular weight is 332 g/mol. The van der Waals surface area contributed by atoms with Crippen LogP contribution in [0.3, 0.4) is 0 Å². The number of primary amides is 1. The molecule has 0 spiro atoms. The van der Waals surface area contributed by atoms with Crippen molar-refractivity contribution in [3.8, 4) is 0 Å². The molecular weight excluding hydrogens is 321 g/mol. The normalized spacial score (nSPS) is 11.5. The molecule has 102 valence electrons. The third kappa shape index (κ3) is 4.32. The van der Waals surface area contributed by atoms with Gasteiger partial charge in [0.2, 0.25) is 5.91 Å². The van der Waals surface area contributed by atoms with E-state index in [2.05, 4.69) is 21.2 Å². The van der Waals surface area contributed by atoms with Crippen molar-refractivity contribution in [3.63, 3.8) is 0 Å². The lowest BCUT2D eigenvalue weighted by Crippen LogP contribution is -2.35. The Kier molecular flexibility index (Phi) is 4.99. The highest BCUT2D eigenvalue weighted by Gasteiger charge is 2.15. The maximum atomic E-state index is 13.5. The van der Waals surface area contributed by atoms with Crippen molar-refractivity contribution in [2.24, 2.45) is 5.73 Å². The molecule has 1 atom stereocenters. The minimum atomic E-state index is -1.02. The van der Waals surface area contributed by atoms with Gasteiger partial charge in [0.15, 0.2) is 0 Å². The van der Waals surface area contributed by atoms with Gasteiger partial charge in [-0.15, -0.1) is 0 Å². The number of amides is 4. The summed E-state index contributed by atoms with van der Waals surface area (Å²) in [5.74, 6) is -1.95. The molecular formula is C11H11BrFN3O3. The maximum Gasteiger partial charge on any atom is 0.319 e. The zero-order valence-electron chi connectivity index (χ0n) is 9.87. The third-order valence-corrected chi connectivity index (χ3v) is 2.50. The predicted octanol–water partition coefficient (Wildman–Crippen LogP) is 1.36. The molecule has 0 aliphatic rings. The monoisotopic (exact) mass is 331 g/mol. The molecule has 19 heavy (non-hydrogen) atoms. The summed E-state index contributed by atoms with van der Waals surface area (Å²) >= 11 is 3.03. The lowest BCUT2D eigenvalue weighted by molar-refractivity contribution is -0.115. The van der Waals surface area contributed by atoms with Crippen LogP contribution in [0.5, 0.6) is 0 Å². The second-order valence-corrected chi connectivity index (χ2v) is 4.99. The van der Waals surface area contributed by atoms with E-state index in [0.29, 0.717) is 0 Å². The Morgan fingerprint density at radius 1 is 1.37 bits per heavy atom. The number of nitrogens with one attached hydrogen (secondary N) is 2. The van der Waals surface area contributed by atoms with Crippen LogP contribution in [0.1, 0.15) is 17.3 Å². The molecule has 0 aromatic heterocycles. The highest BCUT2D eigenvalue weighted by molar-refractivity contribution is 9.10. The SMILES string of the molecule is C[C@H](Br)C(=O)Nc1cc(C(=O)NC(N)=O)ccc1F. The van der Waals surface area contributed by atoms with Gasteiger partial charge in [-0.1, -0.05) is 15.9 Å². The number of carbonyl (C=O) groups is 3. The summed E-state index contributed by atoms with van der Waals surface area (Å²) in [5, 5.41) is 4.14. The molecule has 0 unspecified atom stereocenters. The Morgan fingerprint density at radius 2 is 2.00 bits per heavy atom. The zero-order valence-corrected chi connectivity index (χ0v) is 11.5. The molecule has 0 radical (unpaired) electrons. The van der Waals surface area contributed by atoms with Gasteiger partial charge >= 0.3 is 6.03 Å². The molecule has 4 N–H and O–H groups in total. The van der Waals surface area contributed by atoms with Crippen LogP contribution in [0.4, 0.5) is 14.9 Å². The number of nitrogens with two attached hydrogens (primary N) is 1. The number of benzene rings is 1. The quantitative estimate of drug-likeness (QED) is 0.728. The van der Waals surface area contributed by atoms with Crippen molar-refractivity contribution >= 4 is 39.5 Å². The molecule has 0 saturated carbocycles. The van der Waals surface area contributed by atoms with Gasteiger partial charge < -0.3 is 11.1 Å². The molecule has 0 aliphatic heterocycles. The van der Waals surface area contributed by atoms with E-state index >= 15 is 0 Å². The van der Waals surface area contributed by atoms with E-state index in [1.165, 1.54) is 6.07 Å². The second-order valence-electron chi connectivity index (χ2n) is 3.62. The predicted molar refractivity (Wildman–Crippen MR) is 70.5 cm³/mol. The fourth-order valence-electron chi connectivity index (χ4n) is 1.18. The van der Waals surface area contributed by atoms with Crippen molar-refractivity contribution in [2.75, 3.05) is 5.32 Å². The molecule has 0 bridgehead atoms. The molecule has 4 amide bonds. The summed E-state index contributed by atoms with van der Waals surface area (Å²) in [7, 11) is 0. The van der Waals surface area contributed by atoms with Crippen molar-refractivity contribution in [1.82, 2.24) is 5.32 Å². The molecule has 0 fully saturated rings. The third-order valence-electron chi connectivity index (χ3n) is 2.08. The van der Waals surface area contributed by atoms with E-state index in [1.807, 2.05) is 5.32 Å². The first-order chi connectivity index (χ1) is 8.81. The molecule has 1 aromatic rings. The van der Waals surface area contributed by atoms with E-state index < -0.39 is 28.5 Å². The number of halogens is 2. The summed E-state index contributed by atoms with van der Waals surface area (Å²) in [6.45, 7) is 1.57. The lowest BCUT2D eigenvalue weighted by Gasteiger charge is -2.09. The Balaban J connectivity index is 2.97. The van der Waals surface area contributed by atoms with Gasteiger partial charge in [0.05, 0.1) is 10.5 Å². The number of alkyl halides is 1. The van der Waals surface area contributed by atoms with Gasteiger partial charge in [-0.3, -0.25) is 14.9 Å². The zero-order chi connectivity index (χ0) is 14.6. The van der Waals surface area contributed by atoms with Crippen LogP contribution in [0, 0.1) is 5.82 Å². The van der Waals surface area contributed by atoms with Gasteiger partial charge in [-0.25, -0.2) is 9.18 Å². The molecule has 0 aliphatic carbocycles. The van der Waals surface area contributed by atoms with Crippen LogP contribution in [0.25, 0.3) is 0 Å². The minimum Gasteiger partial charge on any atom is -0.351 e. The first-order valence-electron chi connectivity index (χ1n) is 5.16. The van der Waals surface area contributed by atoms with Crippen LogP contribution in [-0.2, 0) is 4.79 Å². The smallest absolute Gasteiger partial charge is 0.319 e. The van der Waals surface area contributed by atoms with E-state index in [0.717, 1.165) is 12.1 Å². The summed E-state index contributed by atoms with van der Waals surface area (Å²) in [6, 6.07) is 2.26. The van der Waals surface area contributed by atoms with Gasteiger partial charge in [0.25, 0.3) is 5.91 Å². The number of urea groups is 1. The summed E-state index contributed by atoms with van der Waals surface area (Å²) in [4.78, 5) is 32.9. The van der Waals surface area contributed by atoms with E-state index in [-0.39, 0.29) is 11.3 Å². The summed E-state index contributed by atoms with van der Waals surface area (Å²) < 4.78 is 13.5. The van der Waals surface area contributed by atoms with E-state index in [4.69, 9.17) is 5.73 Å². The van der Waals surface area contributed by atoms with Crippen molar-refractivity contribution in [1.29, 1.82) is 0 Å². The average Bonchev–Trinajstić information content (AvgIpc) is 2.30. The fourth-order valence-corrected chi connectivity index (χ4v) is 1.29. The second kappa shape index (κ2) is 6.28. The number of hydrogen-bond acceptors (Lipinski definition) is 3. The molecule has 1 rings (SSSR count). The van der Waals surface area contributed by atoms with E-state index in [1.54, 1.807) is 6.92 Å². The van der Waals surface area contributed by atoms with Crippen LogP contribution in [0.15, 0.2) is 18.2 Å². The van der Waals surface area contributed by atoms with Gasteiger partial charge in [0, 0.05) is 5.56 Å². The summed E-state index contributed by atoms with van der Waals surface area (Å²) in [6.07, 6.45) is 0. The van der Waals surface area contributed by atoms with E-state index in [9.17, 15) is 18.8 Å². The van der Waals surface area contributed by atoms with Crippen LogP contribution in [0.2, 0.25) is 0 Å². The van der Waals surface area contributed by atoms with Crippen molar-refractivity contribution in [2.45, 2.75) is 11.8 Å². The maximum absolute atomic E-state index is 13.5. The van der Waals surface area contributed by atoms with Gasteiger partial charge in [-0.2, -0.15) is 0 Å². The number of carbonyl (C=O) groups excluding carboxylic acids is 3. The lowest BCUT2D eigenvalue weighted by atomic mass is 10.1. The topological polar surface area (TPSA) is 101 Å². The number of rotatable bonds is 3. The molecule has 0 heterocycles. The van der Waals surface area contributed by atoms with Crippen LogP contribution < -0.4 is 16.4 Å². The number of anilines is 1. The Labute approximate surface area is 116 Å². The van der Waals surface area contributed by atoms with Crippen LogP contribution >= 0.6 is 15.9 Å². The van der Waals surface area contributed by atoms with Gasteiger partial charge in [0.1, 0.15) is 5.82 Å². The Hall–Kier alpha value is -1.96. The fraction of sp³-hybridized carbons (Fsp3) is 0.182. The van der Waals surface area contributed by atoms with Crippen molar-refractivity contribution < 1.29 is 18.8 Å². The first kappa shape index (κ1) is 15.1. The Morgan fingerprint density at radius 3 is 2.53 bits per heavy atom.